The molecule has 0 radical (unpaired) electrons. The summed E-state index contributed by atoms with van der Waals surface area (Å²) in [7, 11) is 1.59. The van der Waals surface area contributed by atoms with Crippen molar-refractivity contribution in [3.63, 3.8) is 0 Å². The first kappa shape index (κ1) is 19.4. The molecule has 7 heteroatoms. The van der Waals surface area contributed by atoms with Crippen LogP contribution in [0.2, 0.25) is 0 Å². The highest BCUT2D eigenvalue weighted by molar-refractivity contribution is 7.80. The lowest BCUT2D eigenvalue weighted by atomic mass is 9.79. The minimum atomic E-state index is -0.507. The van der Waals surface area contributed by atoms with Crippen LogP contribution in [0.4, 0.5) is 5.69 Å². The second-order valence-electron chi connectivity index (χ2n) is 7.61. The Hall–Kier alpha value is -2.41. The quantitative estimate of drug-likeness (QED) is 0.474. The Morgan fingerprint density at radius 3 is 2.48 bits per heavy atom. The number of fused-ring (bicyclic) bond motifs is 1. The fourth-order valence-corrected chi connectivity index (χ4v) is 4.36. The van der Waals surface area contributed by atoms with Crippen LogP contribution < -0.4 is 20.3 Å². The standard InChI is InChI=1S/C20H25N3O3S/c1-6-23-15-9-16(26-5)12(7-13(15)11(2)10-20(23,3)4)8-14-17(24)21-19(27)22-18(14)25/h7-9,11H,6,10H2,1-5H3,(H2,21,22,24,25,27). The molecule has 27 heavy (non-hydrogen) atoms. The predicted molar refractivity (Wildman–Crippen MR) is 110 cm³/mol. The molecule has 1 unspecified atom stereocenters. The number of rotatable bonds is 3. The van der Waals surface area contributed by atoms with Crippen molar-refractivity contribution in [3.05, 3.63) is 28.8 Å². The first-order valence-corrected chi connectivity index (χ1v) is 9.46. The smallest absolute Gasteiger partial charge is 0.263 e. The lowest BCUT2D eigenvalue weighted by Crippen LogP contribution is -2.51. The fraction of sp³-hybridized carbons (Fsp3) is 0.450. The van der Waals surface area contributed by atoms with E-state index >= 15 is 0 Å². The van der Waals surface area contributed by atoms with E-state index in [1.807, 2.05) is 12.1 Å². The van der Waals surface area contributed by atoms with Gasteiger partial charge in [-0.05, 0) is 63.0 Å². The average Bonchev–Trinajstić information content (AvgIpc) is 2.57. The summed E-state index contributed by atoms with van der Waals surface area (Å²) in [5.41, 5.74) is 3.09. The van der Waals surface area contributed by atoms with Crippen LogP contribution in [0.15, 0.2) is 17.7 Å². The summed E-state index contributed by atoms with van der Waals surface area (Å²) in [6.45, 7) is 9.73. The minimum absolute atomic E-state index is 0.0120. The molecule has 2 aliphatic heterocycles. The van der Waals surface area contributed by atoms with Gasteiger partial charge in [0.15, 0.2) is 5.11 Å². The number of carbonyl (C=O) groups excluding carboxylic acids is 2. The molecule has 2 heterocycles. The normalized spacial score (nSPS) is 21.4. The first-order chi connectivity index (χ1) is 12.7. The number of nitrogens with zero attached hydrogens (tertiary/aromatic N) is 1. The Bertz CT molecular complexity index is 838. The number of ether oxygens (including phenoxy) is 1. The number of methoxy groups -OCH3 is 1. The van der Waals surface area contributed by atoms with Gasteiger partial charge in [-0.25, -0.2) is 0 Å². The second-order valence-corrected chi connectivity index (χ2v) is 8.02. The van der Waals surface area contributed by atoms with Crippen LogP contribution in [0.5, 0.6) is 5.75 Å². The summed E-state index contributed by atoms with van der Waals surface area (Å²) in [6.07, 6.45) is 2.58. The number of anilines is 1. The number of hydrogen-bond acceptors (Lipinski definition) is 5. The molecule has 2 amide bonds. The summed E-state index contributed by atoms with van der Waals surface area (Å²) < 4.78 is 5.58. The minimum Gasteiger partial charge on any atom is -0.496 e. The lowest BCUT2D eigenvalue weighted by Gasteiger charge is -2.47. The molecule has 1 saturated heterocycles. The van der Waals surface area contributed by atoms with E-state index in [9.17, 15) is 9.59 Å². The molecule has 2 aliphatic rings. The van der Waals surface area contributed by atoms with E-state index in [-0.39, 0.29) is 16.2 Å². The molecule has 1 fully saturated rings. The molecular weight excluding hydrogens is 362 g/mol. The Morgan fingerprint density at radius 2 is 1.93 bits per heavy atom. The van der Waals surface area contributed by atoms with E-state index in [2.05, 4.69) is 43.2 Å². The molecule has 0 aliphatic carbocycles. The maximum atomic E-state index is 12.2. The molecule has 6 nitrogen and oxygen atoms in total. The van der Waals surface area contributed by atoms with Crippen molar-refractivity contribution in [1.29, 1.82) is 0 Å². The first-order valence-electron chi connectivity index (χ1n) is 9.06. The molecule has 0 spiro atoms. The van der Waals surface area contributed by atoms with Crippen LogP contribution in [-0.4, -0.2) is 36.1 Å². The van der Waals surface area contributed by atoms with Gasteiger partial charge in [0.1, 0.15) is 11.3 Å². The topological polar surface area (TPSA) is 70.7 Å². The Labute approximate surface area is 164 Å². The van der Waals surface area contributed by atoms with E-state index in [4.69, 9.17) is 17.0 Å². The van der Waals surface area contributed by atoms with Gasteiger partial charge in [0.25, 0.3) is 11.8 Å². The van der Waals surface area contributed by atoms with Gasteiger partial charge in [0, 0.05) is 29.4 Å². The van der Waals surface area contributed by atoms with Gasteiger partial charge in [-0.3, -0.25) is 20.2 Å². The monoisotopic (exact) mass is 387 g/mol. The third kappa shape index (κ3) is 3.43. The molecule has 0 aromatic heterocycles. The van der Waals surface area contributed by atoms with Crippen LogP contribution in [0.25, 0.3) is 6.08 Å². The zero-order valence-electron chi connectivity index (χ0n) is 16.3. The van der Waals surface area contributed by atoms with Crippen molar-refractivity contribution < 1.29 is 14.3 Å². The van der Waals surface area contributed by atoms with Gasteiger partial charge in [0.2, 0.25) is 0 Å². The van der Waals surface area contributed by atoms with E-state index in [0.29, 0.717) is 17.2 Å². The number of thiocarbonyl (C=S) groups is 1. The molecule has 2 N–H and O–H groups in total. The van der Waals surface area contributed by atoms with E-state index < -0.39 is 11.8 Å². The van der Waals surface area contributed by atoms with Crippen LogP contribution in [0.1, 0.15) is 51.2 Å². The molecule has 0 bridgehead atoms. The predicted octanol–water partition coefficient (Wildman–Crippen LogP) is 2.72. The highest BCUT2D eigenvalue weighted by Crippen LogP contribution is 2.45. The molecule has 1 aromatic carbocycles. The SMILES string of the molecule is CCN1c2cc(OC)c(C=C3C(=O)NC(=S)NC3=O)cc2C(C)CC1(C)C. The summed E-state index contributed by atoms with van der Waals surface area (Å²) in [5, 5.41) is 4.94. The van der Waals surface area contributed by atoms with Gasteiger partial charge in [-0.1, -0.05) is 6.92 Å². The molecule has 0 saturated carbocycles. The highest BCUT2D eigenvalue weighted by Gasteiger charge is 2.36. The van der Waals surface area contributed by atoms with E-state index in [1.54, 1.807) is 13.2 Å². The van der Waals surface area contributed by atoms with Gasteiger partial charge in [-0.2, -0.15) is 0 Å². The fourth-order valence-electron chi connectivity index (χ4n) is 4.18. The Kier molecular flexibility index (Phi) is 4.99. The van der Waals surface area contributed by atoms with Crippen LogP contribution in [0, 0.1) is 0 Å². The zero-order chi connectivity index (χ0) is 19.9. The number of nitrogens with one attached hydrogen (secondary N) is 2. The Balaban J connectivity index is 2.13. The molecule has 1 aromatic rings. The number of carbonyl (C=O) groups is 2. The average molecular weight is 388 g/mol. The lowest BCUT2D eigenvalue weighted by molar-refractivity contribution is -0.123. The van der Waals surface area contributed by atoms with Gasteiger partial charge in [-0.15, -0.1) is 0 Å². The van der Waals surface area contributed by atoms with Crippen molar-refractivity contribution in [2.75, 3.05) is 18.6 Å². The largest absolute Gasteiger partial charge is 0.496 e. The van der Waals surface area contributed by atoms with Crippen LogP contribution >= 0.6 is 12.2 Å². The Morgan fingerprint density at radius 1 is 1.30 bits per heavy atom. The number of benzene rings is 1. The van der Waals surface area contributed by atoms with Crippen molar-refractivity contribution >= 4 is 40.9 Å². The third-order valence-corrected chi connectivity index (χ3v) is 5.50. The summed E-state index contributed by atoms with van der Waals surface area (Å²) in [4.78, 5) is 26.7. The van der Waals surface area contributed by atoms with Crippen molar-refractivity contribution in [1.82, 2.24) is 10.6 Å². The maximum Gasteiger partial charge on any atom is 0.263 e. The van der Waals surface area contributed by atoms with Gasteiger partial charge < -0.3 is 9.64 Å². The van der Waals surface area contributed by atoms with Crippen molar-refractivity contribution in [2.24, 2.45) is 0 Å². The summed E-state index contributed by atoms with van der Waals surface area (Å²) in [5.74, 6) is -0.0402. The summed E-state index contributed by atoms with van der Waals surface area (Å²) in [6, 6.07) is 4.03. The van der Waals surface area contributed by atoms with Crippen molar-refractivity contribution in [3.8, 4) is 5.75 Å². The van der Waals surface area contributed by atoms with Crippen molar-refractivity contribution in [2.45, 2.75) is 45.6 Å². The molecular formula is C20H25N3O3S. The second kappa shape index (κ2) is 6.96. The highest BCUT2D eigenvalue weighted by atomic mass is 32.1. The van der Waals surface area contributed by atoms with Gasteiger partial charge >= 0.3 is 0 Å². The van der Waals surface area contributed by atoms with Crippen LogP contribution in [-0.2, 0) is 9.59 Å². The van der Waals surface area contributed by atoms with E-state index in [0.717, 1.165) is 18.7 Å². The number of amides is 2. The number of hydrogen-bond donors (Lipinski definition) is 2. The zero-order valence-corrected chi connectivity index (χ0v) is 17.1. The van der Waals surface area contributed by atoms with Gasteiger partial charge in [0.05, 0.1) is 7.11 Å². The summed E-state index contributed by atoms with van der Waals surface area (Å²) >= 11 is 4.85. The maximum absolute atomic E-state index is 12.2. The molecule has 1 atom stereocenters. The third-order valence-electron chi connectivity index (χ3n) is 5.30. The molecule has 3 rings (SSSR count). The molecule has 144 valence electrons. The van der Waals surface area contributed by atoms with E-state index in [1.165, 1.54) is 5.56 Å². The van der Waals surface area contributed by atoms with Crippen LogP contribution in [0.3, 0.4) is 0 Å².